The third-order valence-electron chi connectivity index (χ3n) is 9.75. The minimum Gasteiger partial charge on any atom is -0.477 e. The fourth-order valence-corrected chi connectivity index (χ4v) is 6.25. The second-order valence-corrected chi connectivity index (χ2v) is 16.1. The average molecular weight is 811 g/mol. The second-order valence-electron chi connectivity index (χ2n) is 16.1. The zero-order chi connectivity index (χ0) is 42.8. The number of hydrogen-bond donors (Lipinski definition) is 1. The molecule has 0 aromatic rings. The molecule has 0 aromatic heterocycles. The van der Waals surface area contributed by atoms with Gasteiger partial charge in [-0.05, 0) is 32.1 Å². The number of likely N-dealkylation sites (N-methyl/N-ethyl adjacent to an activating group) is 1. The number of nitrogens with zero attached hydrogens (tertiary/aromatic N) is 1. The molecule has 58 heavy (non-hydrogen) atoms. The van der Waals surface area contributed by atoms with Gasteiger partial charge in [0.1, 0.15) is 6.61 Å². The third-order valence-corrected chi connectivity index (χ3v) is 9.75. The first-order valence-corrected chi connectivity index (χ1v) is 22.7. The lowest BCUT2D eigenvalue weighted by Gasteiger charge is -2.31. The van der Waals surface area contributed by atoms with Gasteiger partial charge in [0.2, 0.25) is 0 Å². The van der Waals surface area contributed by atoms with Gasteiger partial charge in [0, 0.05) is 19.3 Å². The third kappa shape index (κ3) is 38.1. The van der Waals surface area contributed by atoms with E-state index < -0.39 is 18.1 Å². The van der Waals surface area contributed by atoms with Crippen LogP contribution in [0.5, 0.6) is 0 Å². The molecule has 0 saturated heterocycles. The number of allylic oxidation sites excluding steroid dienone is 14. The number of carboxylic acid groups (broad SMARTS) is 1. The van der Waals surface area contributed by atoms with Crippen molar-refractivity contribution in [2.75, 3.05) is 41.0 Å². The highest BCUT2D eigenvalue weighted by atomic mass is 16.6. The van der Waals surface area contributed by atoms with Crippen molar-refractivity contribution >= 4 is 17.9 Å². The highest BCUT2D eigenvalue weighted by Gasteiger charge is 2.31. The summed E-state index contributed by atoms with van der Waals surface area (Å²) >= 11 is 0. The van der Waals surface area contributed by atoms with Gasteiger partial charge in [-0.1, -0.05) is 195 Å². The van der Waals surface area contributed by atoms with E-state index >= 15 is 0 Å². The molecule has 330 valence electrons. The van der Waals surface area contributed by atoms with Crippen LogP contribution in [-0.4, -0.2) is 80.6 Å². The molecule has 2 atom stereocenters. The molecule has 0 bridgehead atoms. The highest BCUT2D eigenvalue weighted by Crippen LogP contribution is 2.15. The summed E-state index contributed by atoms with van der Waals surface area (Å²) in [6.07, 6.45) is 51.9. The van der Waals surface area contributed by atoms with Gasteiger partial charge in [-0.25, -0.2) is 4.79 Å². The summed E-state index contributed by atoms with van der Waals surface area (Å²) in [6.45, 7) is 4.54. The smallest absolute Gasteiger partial charge is 0.362 e. The summed E-state index contributed by atoms with van der Waals surface area (Å²) < 4.78 is 17.2. The summed E-state index contributed by atoms with van der Waals surface area (Å²) in [5.41, 5.74) is 0. The Morgan fingerprint density at radius 2 is 0.966 bits per heavy atom. The lowest BCUT2D eigenvalue weighted by Crippen LogP contribution is -2.50. The van der Waals surface area contributed by atoms with Gasteiger partial charge in [0.25, 0.3) is 0 Å². The average Bonchev–Trinajstić information content (AvgIpc) is 3.18. The Labute approximate surface area is 354 Å². The Bertz CT molecular complexity index is 1220. The molecule has 1 N–H and O–H groups in total. The van der Waals surface area contributed by atoms with Crippen molar-refractivity contribution in [3.8, 4) is 0 Å². The highest BCUT2D eigenvalue weighted by molar-refractivity contribution is 5.72. The van der Waals surface area contributed by atoms with E-state index in [1.54, 1.807) is 0 Å². The van der Waals surface area contributed by atoms with Crippen molar-refractivity contribution in [3.63, 3.8) is 0 Å². The number of rotatable bonds is 39. The molecule has 0 aromatic carbocycles. The van der Waals surface area contributed by atoms with Crippen LogP contribution in [-0.2, 0) is 28.6 Å². The monoisotopic (exact) mass is 811 g/mol. The normalized spacial score (nSPS) is 13.7. The van der Waals surface area contributed by atoms with E-state index in [-0.39, 0.29) is 36.2 Å². The molecule has 0 radical (unpaired) electrons. The number of carboxylic acids is 1. The van der Waals surface area contributed by atoms with E-state index in [1.165, 1.54) is 77.0 Å². The van der Waals surface area contributed by atoms with Gasteiger partial charge >= 0.3 is 17.9 Å². The number of carbonyl (C=O) groups is 3. The van der Waals surface area contributed by atoms with Crippen molar-refractivity contribution in [1.82, 2.24) is 0 Å². The SMILES string of the molecule is CC/C=C/C=C/C=C/C=C/C=C/C=C/C=C/CCCCCC(=O)OCC(COCCC(C(=O)O)[N+](C)(C)C)OC(=O)CCCCCCCCCCCCCCCCC. The van der Waals surface area contributed by atoms with E-state index in [0.29, 0.717) is 19.3 Å². The molecular formula is C50H84NO7+. The fraction of sp³-hybridized carbons (Fsp3) is 0.660. The first-order chi connectivity index (χ1) is 28.1. The molecule has 8 nitrogen and oxygen atoms in total. The Hall–Kier alpha value is -3.49. The van der Waals surface area contributed by atoms with Crippen LogP contribution in [0.2, 0.25) is 0 Å². The van der Waals surface area contributed by atoms with Crippen molar-refractivity contribution in [2.45, 2.75) is 174 Å². The predicted molar refractivity (Wildman–Crippen MR) is 243 cm³/mol. The van der Waals surface area contributed by atoms with Gasteiger partial charge in [-0.2, -0.15) is 0 Å². The largest absolute Gasteiger partial charge is 0.477 e. The van der Waals surface area contributed by atoms with Crippen LogP contribution in [0.1, 0.15) is 162 Å². The standard InChI is InChI=1S/C50H83NO7/c1-6-8-10-12-14-16-18-20-22-23-24-25-27-28-30-32-34-36-38-40-48(52)57-45-46(44-56-43-42-47(50(54)55)51(3,4)5)58-49(53)41-39-37-35-33-31-29-26-21-19-17-15-13-11-9-7-2/h8,10,12,14,16,18,20,22-25,27-28,30,46-47H,6-7,9,11,13,15,17,19,21,26,29,31-45H2,1-5H3/p+1/b10-8+,14-12+,18-16+,22-20+,24-23+,27-25+,30-28+. The minimum atomic E-state index is -0.884. The molecule has 8 heteroatoms. The van der Waals surface area contributed by atoms with Crippen LogP contribution in [0, 0.1) is 0 Å². The van der Waals surface area contributed by atoms with Gasteiger partial charge in [-0.15, -0.1) is 0 Å². The van der Waals surface area contributed by atoms with Crippen molar-refractivity contribution in [3.05, 3.63) is 85.1 Å². The van der Waals surface area contributed by atoms with E-state index in [1.807, 2.05) is 94.1 Å². The lowest BCUT2D eigenvalue weighted by molar-refractivity contribution is -0.887. The van der Waals surface area contributed by atoms with E-state index in [4.69, 9.17) is 14.2 Å². The van der Waals surface area contributed by atoms with Crippen LogP contribution in [0.4, 0.5) is 0 Å². The first kappa shape index (κ1) is 54.5. The maximum Gasteiger partial charge on any atom is 0.362 e. The van der Waals surface area contributed by atoms with Gasteiger partial charge in [-0.3, -0.25) is 9.59 Å². The number of esters is 2. The number of aliphatic carboxylic acids is 1. The minimum absolute atomic E-state index is 0.0429. The second kappa shape index (κ2) is 40.3. The fourth-order valence-electron chi connectivity index (χ4n) is 6.25. The summed E-state index contributed by atoms with van der Waals surface area (Å²) in [7, 11) is 5.51. The quantitative estimate of drug-likeness (QED) is 0.0286. The van der Waals surface area contributed by atoms with Crippen LogP contribution in [0.25, 0.3) is 0 Å². The zero-order valence-electron chi connectivity index (χ0n) is 37.5. The number of unbranched alkanes of at least 4 members (excludes halogenated alkanes) is 17. The Balaban J connectivity index is 4.45. The molecule has 0 heterocycles. The summed E-state index contributed by atoms with van der Waals surface area (Å²) in [5, 5.41) is 9.62. The number of ether oxygens (including phenoxy) is 3. The van der Waals surface area contributed by atoms with Crippen molar-refractivity contribution < 1.29 is 38.2 Å². The van der Waals surface area contributed by atoms with Crippen molar-refractivity contribution in [1.29, 1.82) is 0 Å². The molecule has 0 fully saturated rings. The van der Waals surface area contributed by atoms with Crippen LogP contribution in [0.15, 0.2) is 85.1 Å². The van der Waals surface area contributed by atoms with E-state index in [9.17, 15) is 19.5 Å². The summed E-state index contributed by atoms with van der Waals surface area (Å²) in [4.78, 5) is 37.0. The van der Waals surface area contributed by atoms with Gasteiger partial charge < -0.3 is 23.8 Å². The summed E-state index contributed by atoms with van der Waals surface area (Å²) in [5.74, 6) is -1.53. The molecule has 2 unspecified atom stereocenters. The number of hydrogen-bond acceptors (Lipinski definition) is 6. The lowest BCUT2D eigenvalue weighted by atomic mass is 10.0. The molecular weight excluding hydrogens is 727 g/mol. The maximum atomic E-state index is 12.7. The molecule has 0 saturated carbocycles. The number of carbonyl (C=O) groups excluding carboxylic acids is 2. The van der Waals surface area contributed by atoms with Gasteiger partial charge in [0.15, 0.2) is 12.1 Å². The Morgan fingerprint density at radius 3 is 1.43 bits per heavy atom. The van der Waals surface area contributed by atoms with E-state index in [0.717, 1.165) is 51.4 Å². The first-order valence-electron chi connectivity index (χ1n) is 22.7. The Kier molecular flexibility index (Phi) is 37.9. The summed E-state index contributed by atoms with van der Waals surface area (Å²) in [6, 6.07) is -0.625. The van der Waals surface area contributed by atoms with Gasteiger partial charge in [0.05, 0.1) is 34.4 Å². The predicted octanol–water partition coefficient (Wildman–Crippen LogP) is 12.5. The zero-order valence-corrected chi connectivity index (χ0v) is 37.5. The molecule has 0 aliphatic rings. The maximum absolute atomic E-state index is 12.7. The van der Waals surface area contributed by atoms with Crippen LogP contribution < -0.4 is 0 Å². The van der Waals surface area contributed by atoms with Crippen LogP contribution in [0.3, 0.4) is 0 Å². The van der Waals surface area contributed by atoms with E-state index in [2.05, 4.69) is 26.0 Å². The molecule has 0 spiro atoms. The molecule has 0 aliphatic heterocycles. The van der Waals surface area contributed by atoms with Crippen LogP contribution >= 0.6 is 0 Å². The van der Waals surface area contributed by atoms with Crippen molar-refractivity contribution in [2.24, 2.45) is 0 Å². The molecule has 0 amide bonds. The molecule has 0 aliphatic carbocycles. The molecule has 0 rings (SSSR count). The topological polar surface area (TPSA) is 99.1 Å². The number of quaternary nitrogens is 1. The Morgan fingerprint density at radius 1 is 0.534 bits per heavy atom.